The normalized spacial score (nSPS) is 32.5. The molecule has 22 heavy (non-hydrogen) atoms. The van der Waals surface area contributed by atoms with Gasteiger partial charge in [0.15, 0.2) is 5.76 Å². The molecule has 0 bridgehead atoms. The predicted octanol–water partition coefficient (Wildman–Crippen LogP) is 3.69. The fourth-order valence-electron chi connectivity index (χ4n) is 4.57. The van der Waals surface area contributed by atoms with Crippen molar-refractivity contribution in [2.75, 3.05) is 7.11 Å². The van der Waals surface area contributed by atoms with Gasteiger partial charge in [-0.25, -0.2) is 0 Å². The Balaban J connectivity index is 1.80. The lowest BCUT2D eigenvalue weighted by Crippen LogP contribution is -2.42. The van der Waals surface area contributed by atoms with E-state index < -0.39 is 5.41 Å². The smallest absolute Gasteiger partial charge is 0.203 e. The number of benzene rings is 1. The minimum Gasteiger partial charge on any atom is -0.505 e. The average Bonchev–Trinajstić information content (AvgIpc) is 2.77. The number of ether oxygens (including phenoxy) is 1. The van der Waals surface area contributed by atoms with E-state index >= 15 is 0 Å². The Hall–Kier alpha value is -2.03. The molecule has 4 rings (SSSR count). The predicted molar refractivity (Wildman–Crippen MR) is 84.7 cm³/mol. The highest BCUT2D eigenvalue weighted by Crippen LogP contribution is 2.57. The lowest BCUT2D eigenvalue weighted by molar-refractivity contribution is -0.129. The van der Waals surface area contributed by atoms with E-state index in [9.17, 15) is 9.90 Å². The number of aliphatic hydroxyl groups is 1. The molecule has 0 spiro atoms. The van der Waals surface area contributed by atoms with Crippen molar-refractivity contribution >= 4 is 11.4 Å². The van der Waals surface area contributed by atoms with Gasteiger partial charge in [0.05, 0.1) is 7.11 Å². The Bertz CT molecular complexity index is 728. The molecule has 0 amide bonds. The van der Waals surface area contributed by atoms with Crippen molar-refractivity contribution in [2.24, 2.45) is 17.3 Å². The maximum Gasteiger partial charge on any atom is 0.203 e. The quantitative estimate of drug-likeness (QED) is 0.859. The van der Waals surface area contributed by atoms with E-state index in [1.165, 1.54) is 16.7 Å². The van der Waals surface area contributed by atoms with Crippen LogP contribution in [0.15, 0.2) is 36.1 Å². The SMILES string of the molecule is COc1ccc2c(c1)CC[C@@H]1C2=CC[C@@H]2C=C(O)C(=O)[C@]12C. The molecule has 0 heterocycles. The van der Waals surface area contributed by atoms with Crippen molar-refractivity contribution in [3.8, 4) is 5.75 Å². The van der Waals surface area contributed by atoms with Crippen LogP contribution in [0.25, 0.3) is 5.57 Å². The summed E-state index contributed by atoms with van der Waals surface area (Å²) < 4.78 is 5.32. The molecule has 0 aliphatic heterocycles. The molecule has 0 radical (unpaired) electrons. The third-order valence-corrected chi connectivity index (χ3v) is 5.87. The first-order valence-electron chi connectivity index (χ1n) is 7.88. The summed E-state index contributed by atoms with van der Waals surface area (Å²) in [5.74, 6) is 1.09. The molecule has 0 saturated heterocycles. The van der Waals surface area contributed by atoms with Crippen molar-refractivity contribution < 1.29 is 14.6 Å². The topological polar surface area (TPSA) is 46.5 Å². The molecule has 0 unspecified atom stereocenters. The molecule has 3 aliphatic rings. The van der Waals surface area contributed by atoms with E-state index in [0.717, 1.165) is 25.0 Å². The highest BCUT2D eigenvalue weighted by molar-refractivity contribution is 6.02. The summed E-state index contributed by atoms with van der Waals surface area (Å²) in [6.45, 7) is 2.03. The van der Waals surface area contributed by atoms with Crippen LogP contribution in [0.4, 0.5) is 0 Å². The van der Waals surface area contributed by atoms with Crippen LogP contribution in [0.5, 0.6) is 5.75 Å². The Morgan fingerprint density at radius 2 is 2.18 bits per heavy atom. The van der Waals surface area contributed by atoms with Gasteiger partial charge in [0, 0.05) is 5.41 Å². The number of hydrogen-bond donors (Lipinski definition) is 1. The number of aryl methyl sites for hydroxylation is 1. The van der Waals surface area contributed by atoms with Crippen LogP contribution < -0.4 is 4.74 Å². The Morgan fingerprint density at radius 1 is 1.36 bits per heavy atom. The van der Waals surface area contributed by atoms with Crippen molar-refractivity contribution in [3.05, 3.63) is 47.2 Å². The summed E-state index contributed by atoms with van der Waals surface area (Å²) in [7, 11) is 1.69. The lowest BCUT2D eigenvalue weighted by Gasteiger charge is -2.45. The second kappa shape index (κ2) is 4.48. The van der Waals surface area contributed by atoms with Crippen molar-refractivity contribution in [3.63, 3.8) is 0 Å². The number of carbonyl (C=O) groups excluding carboxylic acids is 1. The number of carbonyl (C=O) groups is 1. The van der Waals surface area contributed by atoms with Gasteiger partial charge in [-0.1, -0.05) is 19.1 Å². The number of aliphatic hydroxyl groups excluding tert-OH is 1. The second-order valence-corrected chi connectivity index (χ2v) is 6.78. The van der Waals surface area contributed by atoms with Crippen molar-refractivity contribution in [1.82, 2.24) is 0 Å². The Labute approximate surface area is 130 Å². The van der Waals surface area contributed by atoms with Crippen molar-refractivity contribution in [2.45, 2.75) is 26.2 Å². The van der Waals surface area contributed by atoms with Gasteiger partial charge >= 0.3 is 0 Å². The number of Topliss-reactive ketones (excluding diaryl/α,β-unsaturated/α-hetero) is 1. The highest BCUT2D eigenvalue weighted by Gasteiger charge is 2.55. The zero-order chi connectivity index (χ0) is 15.5. The summed E-state index contributed by atoms with van der Waals surface area (Å²) in [5.41, 5.74) is 3.34. The van der Waals surface area contributed by atoms with Crippen LogP contribution in [0.3, 0.4) is 0 Å². The summed E-state index contributed by atoms with van der Waals surface area (Å²) >= 11 is 0. The van der Waals surface area contributed by atoms with Crippen LogP contribution in [-0.4, -0.2) is 18.0 Å². The minimum absolute atomic E-state index is 0.0392. The molecular formula is C19H20O3. The molecule has 3 nitrogen and oxygen atoms in total. The van der Waals surface area contributed by atoms with Gasteiger partial charge in [0.25, 0.3) is 0 Å². The van der Waals surface area contributed by atoms with Crippen LogP contribution in [0, 0.1) is 17.3 Å². The standard InChI is InChI=1S/C19H20O3/c1-19-12(10-17(20)18(19)21)4-6-15-14-7-5-13(22-2)9-11(14)3-8-16(15)19/h5-7,9-10,12,16,20H,3-4,8H2,1-2H3/t12-,16-,19+/m1/s1. The zero-order valence-corrected chi connectivity index (χ0v) is 12.9. The van der Waals surface area contributed by atoms with E-state index in [1.807, 2.05) is 13.0 Å². The summed E-state index contributed by atoms with van der Waals surface area (Å²) in [5, 5.41) is 9.92. The van der Waals surface area contributed by atoms with Gasteiger partial charge in [0.1, 0.15) is 5.75 Å². The van der Waals surface area contributed by atoms with Crippen LogP contribution in [-0.2, 0) is 11.2 Å². The Morgan fingerprint density at radius 3 is 2.95 bits per heavy atom. The van der Waals surface area contributed by atoms with Gasteiger partial charge in [0.2, 0.25) is 5.78 Å². The van der Waals surface area contributed by atoms with E-state index in [0.29, 0.717) is 0 Å². The van der Waals surface area contributed by atoms with Crippen LogP contribution >= 0.6 is 0 Å². The minimum atomic E-state index is -0.480. The van der Waals surface area contributed by atoms with E-state index in [-0.39, 0.29) is 23.4 Å². The number of fused-ring (bicyclic) bond motifs is 5. The second-order valence-electron chi connectivity index (χ2n) is 6.78. The summed E-state index contributed by atoms with van der Waals surface area (Å²) in [4.78, 5) is 12.6. The first-order valence-corrected chi connectivity index (χ1v) is 7.88. The molecule has 1 aromatic rings. The summed E-state index contributed by atoms with van der Waals surface area (Å²) in [6.07, 6.45) is 6.75. The van der Waals surface area contributed by atoms with E-state index in [1.54, 1.807) is 13.2 Å². The van der Waals surface area contributed by atoms with Gasteiger partial charge in [-0.05, 0) is 66.0 Å². The molecular weight excluding hydrogens is 276 g/mol. The maximum atomic E-state index is 12.6. The number of hydrogen-bond acceptors (Lipinski definition) is 3. The first-order chi connectivity index (χ1) is 10.6. The van der Waals surface area contributed by atoms with E-state index in [4.69, 9.17) is 4.74 Å². The average molecular weight is 296 g/mol. The molecule has 0 aromatic heterocycles. The molecule has 3 atom stereocenters. The fraction of sp³-hybridized carbons (Fsp3) is 0.421. The lowest BCUT2D eigenvalue weighted by atomic mass is 9.57. The third kappa shape index (κ3) is 1.59. The van der Waals surface area contributed by atoms with Gasteiger partial charge in [-0.3, -0.25) is 4.79 Å². The van der Waals surface area contributed by atoms with E-state index in [2.05, 4.69) is 18.2 Å². The van der Waals surface area contributed by atoms with Crippen LogP contribution in [0.1, 0.15) is 30.9 Å². The Kier molecular flexibility index (Phi) is 2.77. The monoisotopic (exact) mass is 296 g/mol. The van der Waals surface area contributed by atoms with Gasteiger partial charge in [-0.2, -0.15) is 0 Å². The number of ketones is 1. The van der Waals surface area contributed by atoms with Crippen LogP contribution in [0.2, 0.25) is 0 Å². The zero-order valence-electron chi connectivity index (χ0n) is 12.9. The first kappa shape index (κ1) is 13.6. The molecule has 114 valence electrons. The van der Waals surface area contributed by atoms with Crippen molar-refractivity contribution in [1.29, 1.82) is 0 Å². The fourth-order valence-corrected chi connectivity index (χ4v) is 4.57. The molecule has 0 saturated carbocycles. The molecule has 3 aliphatic carbocycles. The summed E-state index contributed by atoms with van der Waals surface area (Å²) in [6, 6.07) is 6.21. The molecule has 1 N–H and O–H groups in total. The molecule has 1 aromatic carbocycles. The number of methoxy groups -OCH3 is 1. The van der Waals surface area contributed by atoms with Gasteiger partial charge in [-0.15, -0.1) is 0 Å². The maximum absolute atomic E-state index is 12.6. The highest BCUT2D eigenvalue weighted by atomic mass is 16.5. The number of rotatable bonds is 1. The van der Waals surface area contributed by atoms with Gasteiger partial charge < -0.3 is 9.84 Å². The molecule has 3 heteroatoms. The third-order valence-electron chi connectivity index (χ3n) is 5.87. The number of allylic oxidation sites excluding steroid dienone is 4. The molecule has 0 fully saturated rings. The largest absolute Gasteiger partial charge is 0.505 e.